The van der Waals surface area contributed by atoms with Gasteiger partial charge in [0.25, 0.3) is 5.60 Å². The highest BCUT2D eigenvalue weighted by Crippen LogP contribution is 2.31. The van der Waals surface area contributed by atoms with Crippen LogP contribution in [0.2, 0.25) is 0 Å². The number of carbonyl (C=O) groups is 2. The quantitative estimate of drug-likeness (QED) is 0.809. The lowest BCUT2D eigenvalue weighted by Crippen LogP contribution is -2.54. The predicted octanol–water partition coefficient (Wildman–Crippen LogP) is 2.97. The Morgan fingerprint density at radius 3 is 1.74 bits per heavy atom. The van der Waals surface area contributed by atoms with Crippen LogP contribution in [0.15, 0.2) is 24.3 Å². The van der Waals surface area contributed by atoms with Crippen molar-refractivity contribution in [1.29, 1.82) is 0 Å². The Morgan fingerprint density at radius 2 is 1.43 bits per heavy atom. The Kier molecular flexibility index (Phi) is 5.10. The first-order chi connectivity index (χ1) is 10.3. The third-order valence-corrected chi connectivity index (χ3v) is 2.91. The lowest BCUT2D eigenvalue weighted by molar-refractivity contribution is -0.199. The second kappa shape index (κ2) is 6.19. The first kappa shape index (κ1) is 19.0. The molecule has 1 rings (SSSR count). The minimum atomic E-state index is -4.53. The van der Waals surface area contributed by atoms with Crippen molar-refractivity contribution >= 4 is 11.9 Å². The Labute approximate surface area is 130 Å². The Morgan fingerprint density at radius 1 is 1.00 bits per heavy atom. The van der Waals surface area contributed by atoms with Gasteiger partial charge in [-0.2, -0.15) is 13.2 Å². The molecule has 0 radical (unpaired) electrons. The van der Waals surface area contributed by atoms with E-state index in [0.29, 0.717) is 0 Å². The smallest absolute Gasteiger partial charge is 0.416 e. The molecule has 0 saturated carbocycles. The number of ether oxygens (including phenoxy) is 1. The zero-order valence-corrected chi connectivity index (χ0v) is 12.8. The summed E-state index contributed by atoms with van der Waals surface area (Å²) in [6, 6.07) is 3.60. The summed E-state index contributed by atoms with van der Waals surface area (Å²) in [5, 5.41) is 18.6. The highest BCUT2D eigenvalue weighted by Gasteiger charge is 2.50. The van der Waals surface area contributed by atoms with E-state index in [9.17, 15) is 33.0 Å². The average Bonchev–Trinajstić information content (AvgIpc) is 2.35. The van der Waals surface area contributed by atoms with Crippen LogP contribution < -0.4 is 0 Å². The monoisotopic (exact) mass is 334 g/mol. The van der Waals surface area contributed by atoms with E-state index >= 15 is 0 Å². The van der Waals surface area contributed by atoms with Crippen LogP contribution in [-0.2, 0) is 26.9 Å². The zero-order chi connectivity index (χ0) is 18.1. The predicted molar refractivity (Wildman–Crippen MR) is 74.0 cm³/mol. The molecular formula is C15H17F3O5. The summed E-state index contributed by atoms with van der Waals surface area (Å²) in [6.45, 7) is 4.46. The molecule has 0 fully saturated rings. The van der Waals surface area contributed by atoms with Crippen molar-refractivity contribution in [3.63, 3.8) is 0 Å². The van der Waals surface area contributed by atoms with Crippen molar-refractivity contribution in [2.45, 2.75) is 44.6 Å². The summed E-state index contributed by atoms with van der Waals surface area (Å²) in [4.78, 5) is 23.0. The molecule has 128 valence electrons. The van der Waals surface area contributed by atoms with Gasteiger partial charge in [0.1, 0.15) is 0 Å². The number of rotatable bonds is 5. The minimum absolute atomic E-state index is 0.104. The fourth-order valence-corrected chi connectivity index (χ4v) is 1.99. The van der Waals surface area contributed by atoms with Gasteiger partial charge >= 0.3 is 18.1 Å². The average molecular weight is 334 g/mol. The summed E-state index contributed by atoms with van der Waals surface area (Å²) >= 11 is 0. The summed E-state index contributed by atoms with van der Waals surface area (Å²) < 4.78 is 42.8. The van der Waals surface area contributed by atoms with Gasteiger partial charge in [0.05, 0.1) is 11.2 Å². The number of hydrogen-bond acceptors (Lipinski definition) is 3. The lowest BCUT2D eigenvalue weighted by Gasteiger charge is -2.33. The van der Waals surface area contributed by atoms with Gasteiger partial charge in [-0.15, -0.1) is 0 Å². The van der Waals surface area contributed by atoms with Crippen LogP contribution in [0, 0.1) is 0 Å². The van der Waals surface area contributed by atoms with E-state index in [1.807, 2.05) is 0 Å². The van der Waals surface area contributed by atoms with Crippen LogP contribution in [0.5, 0.6) is 0 Å². The van der Waals surface area contributed by atoms with Gasteiger partial charge in [0, 0.05) is 6.42 Å². The first-order valence-electron chi connectivity index (χ1n) is 6.61. The largest absolute Gasteiger partial charge is 0.479 e. The Hall–Kier alpha value is -2.09. The van der Waals surface area contributed by atoms with E-state index < -0.39 is 41.3 Å². The third-order valence-electron chi connectivity index (χ3n) is 2.91. The molecule has 0 aliphatic heterocycles. The number of carboxylic acids is 2. The maximum absolute atomic E-state index is 12.5. The number of carboxylic acid groups (broad SMARTS) is 2. The number of halogens is 3. The van der Waals surface area contributed by atoms with Crippen LogP contribution in [0.25, 0.3) is 0 Å². The number of aliphatic carboxylic acids is 2. The molecule has 0 saturated heterocycles. The summed E-state index contributed by atoms with van der Waals surface area (Å²) in [6.07, 6.45) is -5.13. The van der Waals surface area contributed by atoms with Gasteiger partial charge in [-0.1, -0.05) is 12.1 Å². The van der Waals surface area contributed by atoms with Crippen LogP contribution in [0.4, 0.5) is 13.2 Å². The van der Waals surface area contributed by atoms with Crippen molar-refractivity contribution in [3.05, 3.63) is 35.4 Å². The van der Waals surface area contributed by atoms with Crippen molar-refractivity contribution in [2.24, 2.45) is 0 Å². The van der Waals surface area contributed by atoms with Gasteiger partial charge in [-0.3, -0.25) is 0 Å². The lowest BCUT2D eigenvalue weighted by atomic mass is 9.92. The van der Waals surface area contributed by atoms with E-state index in [2.05, 4.69) is 0 Å². The normalized spacial score (nSPS) is 13.0. The molecule has 0 aliphatic carbocycles. The molecule has 23 heavy (non-hydrogen) atoms. The SMILES string of the molecule is CC(C)(C)OC(Cc1ccc(C(F)(F)F)cc1)(C(=O)O)C(=O)O. The molecule has 8 heteroatoms. The second-order valence-corrected chi connectivity index (χ2v) is 6.02. The maximum Gasteiger partial charge on any atom is 0.416 e. The van der Waals surface area contributed by atoms with Crippen LogP contribution in [0.3, 0.4) is 0 Å². The van der Waals surface area contributed by atoms with E-state index in [1.165, 1.54) is 20.8 Å². The van der Waals surface area contributed by atoms with Crippen molar-refractivity contribution in [1.82, 2.24) is 0 Å². The van der Waals surface area contributed by atoms with Gasteiger partial charge in [-0.25, -0.2) is 9.59 Å². The van der Waals surface area contributed by atoms with E-state index in [0.717, 1.165) is 24.3 Å². The third kappa shape index (κ3) is 4.69. The number of alkyl halides is 3. The van der Waals surface area contributed by atoms with E-state index in [4.69, 9.17) is 4.74 Å². The van der Waals surface area contributed by atoms with Gasteiger partial charge in [-0.05, 0) is 38.5 Å². The van der Waals surface area contributed by atoms with E-state index in [1.54, 1.807) is 0 Å². The van der Waals surface area contributed by atoms with Gasteiger partial charge in [0.2, 0.25) is 0 Å². The molecule has 0 aliphatic rings. The molecule has 5 nitrogen and oxygen atoms in total. The standard InChI is InChI=1S/C15H17F3O5/c1-13(2,3)23-14(11(19)20,12(21)22)8-9-4-6-10(7-5-9)15(16,17)18/h4-7H,8H2,1-3H3,(H,19,20)(H,21,22). The molecule has 0 unspecified atom stereocenters. The summed E-state index contributed by atoms with van der Waals surface area (Å²) in [5.74, 6) is -3.44. The highest BCUT2D eigenvalue weighted by atomic mass is 19.4. The second-order valence-electron chi connectivity index (χ2n) is 6.02. The number of hydrogen-bond donors (Lipinski definition) is 2. The molecule has 0 amide bonds. The molecule has 0 atom stereocenters. The molecule has 1 aromatic carbocycles. The van der Waals surface area contributed by atoms with Crippen molar-refractivity contribution < 1.29 is 37.7 Å². The molecule has 0 aromatic heterocycles. The summed E-state index contributed by atoms with van der Waals surface area (Å²) in [5.41, 5.74) is -4.47. The topological polar surface area (TPSA) is 83.8 Å². The molecule has 2 N–H and O–H groups in total. The van der Waals surface area contributed by atoms with E-state index in [-0.39, 0.29) is 5.56 Å². The maximum atomic E-state index is 12.5. The van der Waals surface area contributed by atoms with Crippen molar-refractivity contribution in [2.75, 3.05) is 0 Å². The first-order valence-corrected chi connectivity index (χ1v) is 6.61. The Bertz CT molecular complexity index is 571. The molecule has 0 bridgehead atoms. The van der Waals surface area contributed by atoms with Crippen LogP contribution in [-0.4, -0.2) is 33.4 Å². The molecular weight excluding hydrogens is 317 g/mol. The minimum Gasteiger partial charge on any atom is -0.479 e. The molecule has 0 spiro atoms. The molecule has 1 aromatic rings. The van der Waals surface area contributed by atoms with Gasteiger partial charge in [0.15, 0.2) is 0 Å². The zero-order valence-electron chi connectivity index (χ0n) is 12.8. The summed E-state index contributed by atoms with van der Waals surface area (Å²) in [7, 11) is 0. The van der Waals surface area contributed by atoms with Gasteiger partial charge < -0.3 is 14.9 Å². The fourth-order valence-electron chi connectivity index (χ4n) is 1.99. The van der Waals surface area contributed by atoms with Crippen LogP contribution >= 0.6 is 0 Å². The van der Waals surface area contributed by atoms with Crippen molar-refractivity contribution in [3.8, 4) is 0 Å². The fraction of sp³-hybridized carbons (Fsp3) is 0.467. The Balaban J connectivity index is 3.20. The van der Waals surface area contributed by atoms with Crippen LogP contribution in [0.1, 0.15) is 31.9 Å². The number of benzene rings is 1. The highest BCUT2D eigenvalue weighted by molar-refractivity contribution is 6.02. The molecule has 0 heterocycles.